The van der Waals surface area contributed by atoms with Crippen LogP contribution < -0.4 is 5.32 Å². The zero-order valence-corrected chi connectivity index (χ0v) is 12.7. The predicted molar refractivity (Wildman–Crippen MR) is 78.0 cm³/mol. The van der Waals surface area contributed by atoms with Gasteiger partial charge in [0, 0.05) is 27.7 Å². The van der Waals surface area contributed by atoms with Crippen LogP contribution in [0.4, 0.5) is 18.9 Å². The Kier molecular flexibility index (Phi) is 4.22. The number of nitrogens with one attached hydrogen (secondary N) is 1. The second kappa shape index (κ2) is 5.60. The van der Waals surface area contributed by atoms with Gasteiger partial charge in [0.1, 0.15) is 5.69 Å². The highest BCUT2D eigenvalue weighted by atomic mass is 79.9. The minimum atomic E-state index is -4.46. The highest BCUT2D eigenvalue weighted by Gasteiger charge is 2.36. The summed E-state index contributed by atoms with van der Waals surface area (Å²) in [5, 5.41) is 3.78. The molecule has 0 unspecified atom stereocenters. The first-order valence-electron chi connectivity index (χ1n) is 6.26. The fourth-order valence-corrected chi connectivity index (χ4v) is 2.56. The third-order valence-corrected chi connectivity index (χ3v) is 3.67. The zero-order chi connectivity index (χ0) is 14.9. The largest absolute Gasteiger partial charge is 0.433 e. The third kappa shape index (κ3) is 2.75. The molecule has 0 aliphatic rings. The van der Waals surface area contributed by atoms with Crippen molar-refractivity contribution < 1.29 is 13.2 Å². The van der Waals surface area contributed by atoms with Crippen molar-refractivity contribution in [3.63, 3.8) is 0 Å². The van der Waals surface area contributed by atoms with Gasteiger partial charge in [-0.1, -0.05) is 19.1 Å². The van der Waals surface area contributed by atoms with Gasteiger partial charge in [0.2, 0.25) is 0 Å². The average Bonchev–Trinajstić information content (AvgIpc) is 2.36. The summed E-state index contributed by atoms with van der Waals surface area (Å²) in [6.07, 6.45) is -3.63. The number of benzene rings is 1. The molecule has 1 N–H and O–H groups in total. The first-order chi connectivity index (χ1) is 9.36. The summed E-state index contributed by atoms with van der Waals surface area (Å²) < 4.78 is 39.9. The van der Waals surface area contributed by atoms with Crippen molar-refractivity contribution in [2.45, 2.75) is 26.4 Å². The molecule has 2 rings (SSSR count). The number of pyridine rings is 1. The molecule has 1 aromatic carbocycles. The van der Waals surface area contributed by atoms with Gasteiger partial charge in [-0.05, 0) is 35.3 Å². The molecule has 0 saturated heterocycles. The monoisotopic (exact) mass is 346 g/mol. The lowest BCUT2D eigenvalue weighted by molar-refractivity contribution is -0.141. The number of rotatable bonds is 3. The number of hydrogen-bond acceptors (Lipinski definition) is 2. The Hall–Kier alpha value is -1.30. The molecule has 2 aromatic rings. The average molecular weight is 347 g/mol. The minimum Gasteiger partial charge on any atom is -0.384 e. The second-order valence-electron chi connectivity index (χ2n) is 4.52. The lowest BCUT2D eigenvalue weighted by atomic mass is 10.1. The van der Waals surface area contributed by atoms with Crippen LogP contribution in [0.5, 0.6) is 0 Å². The van der Waals surface area contributed by atoms with Crippen molar-refractivity contribution >= 4 is 32.5 Å². The first-order valence-corrected chi connectivity index (χ1v) is 7.05. The molecule has 0 bridgehead atoms. The molecule has 0 aliphatic carbocycles. The quantitative estimate of drug-likeness (QED) is 0.831. The van der Waals surface area contributed by atoms with Crippen molar-refractivity contribution in [2.24, 2.45) is 0 Å². The number of aromatic nitrogens is 1. The van der Waals surface area contributed by atoms with E-state index in [2.05, 4.69) is 26.2 Å². The van der Waals surface area contributed by atoms with Crippen molar-refractivity contribution in [1.82, 2.24) is 4.98 Å². The Labute approximate surface area is 123 Å². The molecule has 108 valence electrons. The summed E-state index contributed by atoms with van der Waals surface area (Å²) in [4.78, 5) is 3.80. The Morgan fingerprint density at radius 3 is 2.60 bits per heavy atom. The Morgan fingerprint density at radius 2 is 2.00 bits per heavy atom. The molecular weight excluding hydrogens is 333 g/mol. The molecule has 0 saturated carbocycles. The number of halogens is 4. The van der Waals surface area contributed by atoms with Crippen LogP contribution in [-0.4, -0.2) is 11.5 Å². The molecule has 20 heavy (non-hydrogen) atoms. The number of fused-ring (bicyclic) bond motifs is 1. The van der Waals surface area contributed by atoms with Gasteiger partial charge in [-0.15, -0.1) is 0 Å². The second-order valence-corrected chi connectivity index (χ2v) is 5.38. The number of nitrogens with zero attached hydrogens (tertiary/aromatic N) is 1. The zero-order valence-electron chi connectivity index (χ0n) is 11.1. The van der Waals surface area contributed by atoms with E-state index in [1.165, 1.54) is 6.92 Å². The van der Waals surface area contributed by atoms with E-state index < -0.39 is 11.9 Å². The summed E-state index contributed by atoms with van der Waals surface area (Å²) in [6.45, 7) is 4.03. The van der Waals surface area contributed by atoms with Crippen LogP contribution in [0.1, 0.15) is 24.6 Å². The van der Waals surface area contributed by atoms with E-state index in [-0.39, 0.29) is 5.56 Å². The standard InChI is InChI=1S/C14H14BrF3N2/c1-3-7-19-11-8(2)13(14(16,17)18)20-12-9(11)5-4-6-10(12)15/h4-6H,3,7H2,1-2H3,(H,19,20). The third-order valence-electron chi connectivity index (χ3n) is 3.03. The molecule has 1 heterocycles. The molecule has 0 fully saturated rings. The summed E-state index contributed by atoms with van der Waals surface area (Å²) in [5.74, 6) is 0. The SMILES string of the molecule is CCCNc1c(C)c(C(F)(F)F)nc2c(Br)cccc12. The summed E-state index contributed by atoms with van der Waals surface area (Å²) >= 11 is 3.27. The Morgan fingerprint density at radius 1 is 1.30 bits per heavy atom. The molecule has 2 nitrogen and oxygen atoms in total. The van der Waals surface area contributed by atoms with Crippen LogP contribution in [-0.2, 0) is 6.18 Å². The van der Waals surface area contributed by atoms with E-state index in [0.29, 0.717) is 27.6 Å². The summed E-state index contributed by atoms with van der Waals surface area (Å²) in [5.41, 5.74) is 0.126. The first kappa shape index (κ1) is 15.1. The molecule has 0 amide bonds. The lowest BCUT2D eigenvalue weighted by Crippen LogP contribution is -2.14. The van der Waals surface area contributed by atoms with Crippen molar-refractivity contribution in [3.05, 3.63) is 33.9 Å². The Bertz CT molecular complexity index is 638. The van der Waals surface area contributed by atoms with Crippen molar-refractivity contribution in [3.8, 4) is 0 Å². The molecular formula is C14H14BrF3N2. The van der Waals surface area contributed by atoms with Crippen LogP contribution in [0.15, 0.2) is 22.7 Å². The van der Waals surface area contributed by atoms with Crippen molar-refractivity contribution in [1.29, 1.82) is 0 Å². The molecule has 0 aliphatic heterocycles. The van der Waals surface area contributed by atoms with Crippen LogP contribution >= 0.6 is 15.9 Å². The number of anilines is 1. The van der Waals surface area contributed by atoms with Crippen LogP contribution in [0.3, 0.4) is 0 Å². The van der Waals surface area contributed by atoms with Gasteiger partial charge in [0.15, 0.2) is 0 Å². The molecule has 0 atom stereocenters. The number of para-hydroxylation sites is 1. The fourth-order valence-electron chi connectivity index (χ4n) is 2.10. The number of hydrogen-bond donors (Lipinski definition) is 1. The van der Waals surface area contributed by atoms with E-state index in [4.69, 9.17) is 0 Å². The Balaban J connectivity index is 2.78. The predicted octanol–water partition coefficient (Wildman–Crippen LogP) is 5.15. The minimum absolute atomic E-state index is 0.136. The maximum absolute atomic E-state index is 13.1. The summed E-state index contributed by atoms with van der Waals surface area (Å²) in [6, 6.07) is 5.25. The normalized spacial score (nSPS) is 11.9. The maximum Gasteiger partial charge on any atom is 0.433 e. The van der Waals surface area contributed by atoms with E-state index in [0.717, 1.165) is 6.42 Å². The van der Waals surface area contributed by atoms with Gasteiger partial charge in [-0.3, -0.25) is 0 Å². The molecule has 1 aromatic heterocycles. The van der Waals surface area contributed by atoms with Crippen LogP contribution in [0.25, 0.3) is 10.9 Å². The topological polar surface area (TPSA) is 24.9 Å². The van der Waals surface area contributed by atoms with E-state index in [1.54, 1.807) is 18.2 Å². The van der Waals surface area contributed by atoms with E-state index in [1.807, 2.05) is 6.92 Å². The molecule has 0 radical (unpaired) electrons. The summed E-state index contributed by atoms with van der Waals surface area (Å²) in [7, 11) is 0. The van der Waals surface area contributed by atoms with Gasteiger partial charge in [-0.25, -0.2) is 4.98 Å². The fraction of sp³-hybridized carbons (Fsp3) is 0.357. The molecule has 0 spiro atoms. The lowest BCUT2D eigenvalue weighted by Gasteiger charge is -2.17. The number of alkyl halides is 3. The van der Waals surface area contributed by atoms with E-state index in [9.17, 15) is 13.2 Å². The van der Waals surface area contributed by atoms with Crippen LogP contribution in [0, 0.1) is 6.92 Å². The van der Waals surface area contributed by atoms with E-state index >= 15 is 0 Å². The van der Waals surface area contributed by atoms with Crippen molar-refractivity contribution in [2.75, 3.05) is 11.9 Å². The van der Waals surface area contributed by atoms with Gasteiger partial charge >= 0.3 is 6.18 Å². The smallest absolute Gasteiger partial charge is 0.384 e. The van der Waals surface area contributed by atoms with Gasteiger partial charge in [-0.2, -0.15) is 13.2 Å². The maximum atomic E-state index is 13.1. The van der Waals surface area contributed by atoms with Crippen LogP contribution in [0.2, 0.25) is 0 Å². The van der Waals surface area contributed by atoms with Gasteiger partial charge in [0.25, 0.3) is 0 Å². The molecule has 6 heteroatoms. The van der Waals surface area contributed by atoms with Gasteiger partial charge in [0.05, 0.1) is 5.52 Å². The highest BCUT2D eigenvalue weighted by Crippen LogP contribution is 2.38. The van der Waals surface area contributed by atoms with Gasteiger partial charge < -0.3 is 5.32 Å². The highest BCUT2D eigenvalue weighted by molar-refractivity contribution is 9.10.